The lowest BCUT2D eigenvalue weighted by atomic mass is 9.73. The molecule has 1 heterocycles. The van der Waals surface area contributed by atoms with E-state index in [4.69, 9.17) is 5.11 Å². The minimum Gasteiger partial charge on any atom is -0.478 e. The number of rotatable bonds is 3. The highest BCUT2D eigenvalue weighted by molar-refractivity contribution is 5.87. The molecule has 4 heteroatoms. The fraction of sp³-hybridized carbons (Fsp3) is 0.588. The van der Waals surface area contributed by atoms with Crippen molar-refractivity contribution in [3.63, 3.8) is 0 Å². The van der Waals surface area contributed by atoms with Crippen LogP contribution in [0.3, 0.4) is 0 Å². The van der Waals surface area contributed by atoms with E-state index in [-0.39, 0.29) is 11.5 Å². The van der Waals surface area contributed by atoms with Crippen molar-refractivity contribution >= 4 is 5.97 Å². The standard InChI is InChI=1S/C17H25NO3/c1-17(2,3)14-8-9-18(11-15(14)19)10-12-4-6-13(7-5-12)16(20)21/h4-7,14-15,19H,8-11H2,1-3H3,(H,20,21). The Hall–Kier alpha value is -1.39. The van der Waals surface area contributed by atoms with E-state index in [1.165, 1.54) is 0 Å². The highest BCUT2D eigenvalue weighted by atomic mass is 16.4. The molecule has 0 saturated carbocycles. The van der Waals surface area contributed by atoms with Crippen LogP contribution in [0.5, 0.6) is 0 Å². The number of β-amino-alcohol motifs (C(OH)–C–C–N with tert-alkyl or cyclic N) is 1. The van der Waals surface area contributed by atoms with Crippen molar-refractivity contribution in [3.05, 3.63) is 35.4 Å². The zero-order valence-electron chi connectivity index (χ0n) is 13.0. The van der Waals surface area contributed by atoms with E-state index in [0.717, 1.165) is 25.1 Å². The van der Waals surface area contributed by atoms with Crippen molar-refractivity contribution in [1.82, 2.24) is 4.90 Å². The maximum absolute atomic E-state index is 10.8. The summed E-state index contributed by atoms with van der Waals surface area (Å²) in [5, 5.41) is 19.2. The number of benzene rings is 1. The summed E-state index contributed by atoms with van der Waals surface area (Å²) in [5.41, 5.74) is 1.53. The molecule has 1 aliphatic rings. The van der Waals surface area contributed by atoms with Gasteiger partial charge >= 0.3 is 5.97 Å². The molecule has 2 rings (SSSR count). The third kappa shape index (κ3) is 4.05. The zero-order valence-corrected chi connectivity index (χ0v) is 13.0. The fourth-order valence-electron chi connectivity index (χ4n) is 3.16. The molecule has 0 aliphatic carbocycles. The Morgan fingerprint density at radius 1 is 1.29 bits per heavy atom. The molecule has 1 saturated heterocycles. The number of piperidine rings is 1. The van der Waals surface area contributed by atoms with Gasteiger partial charge in [-0.05, 0) is 42.0 Å². The van der Waals surface area contributed by atoms with Crippen LogP contribution in [0.25, 0.3) is 0 Å². The molecule has 0 spiro atoms. The normalized spacial score (nSPS) is 24.0. The van der Waals surface area contributed by atoms with E-state index >= 15 is 0 Å². The summed E-state index contributed by atoms with van der Waals surface area (Å²) >= 11 is 0. The van der Waals surface area contributed by atoms with Crippen LogP contribution in [0.1, 0.15) is 43.1 Å². The maximum Gasteiger partial charge on any atom is 0.335 e. The Morgan fingerprint density at radius 2 is 1.90 bits per heavy atom. The second-order valence-corrected chi connectivity index (χ2v) is 7.07. The van der Waals surface area contributed by atoms with Gasteiger partial charge in [0.05, 0.1) is 11.7 Å². The van der Waals surface area contributed by atoms with Crippen molar-refractivity contribution in [3.8, 4) is 0 Å². The van der Waals surface area contributed by atoms with Gasteiger partial charge in [-0.1, -0.05) is 32.9 Å². The fourth-order valence-corrected chi connectivity index (χ4v) is 3.16. The number of carboxylic acids is 1. The van der Waals surface area contributed by atoms with Crippen molar-refractivity contribution < 1.29 is 15.0 Å². The number of hydrogen-bond acceptors (Lipinski definition) is 3. The van der Waals surface area contributed by atoms with Crippen molar-refractivity contribution in [1.29, 1.82) is 0 Å². The molecule has 2 unspecified atom stereocenters. The number of nitrogens with zero attached hydrogens (tertiary/aromatic N) is 1. The number of carbonyl (C=O) groups is 1. The summed E-state index contributed by atoms with van der Waals surface area (Å²) in [6, 6.07) is 6.98. The Labute approximate surface area is 126 Å². The second kappa shape index (κ2) is 6.16. The van der Waals surface area contributed by atoms with E-state index in [9.17, 15) is 9.90 Å². The van der Waals surface area contributed by atoms with Crippen molar-refractivity contribution in [2.45, 2.75) is 39.8 Å². The zero-order chi connectivity index (χ0) is 15.6. The molecule has 21 heavy (non-hydrogen) atoms. The van der Waals surface area contributed by atoms with E-state index in [0.29, 0.717) is 18.0 Å². The molecule has 2 N–H and O–H groups in total. The Bertz CT molecular complexity index is 490. The van der Waals surface area contributed by atoms with E-state index < -0.39 is 5.97 Å². The van der Waals surface area contributed by atoms with Crippen LogP contribution in [-0.2, 0) is 6.54 Å². The lowest BCUT2D eigenvalue weighted by Crippen LogP contribution is -2.47. The molecule has 2 atom stereocenters. The number of hydrogen-bond donors (Lipinski definition) is 2. The molecule has 116 valence electrons. The second-order valence-electron chi connectivity index (χ2n) is 7.07. The summed E-state index contributed by atoms with van der Waals surface area (Å²) in [7, 11) is 0. The van der Waals surface area contributed by atoms with Gasteiger partial charge in [-0.2, -0.15) is 0 Å². The average Bonchev–Trinajstić information content (AvgIpc) is 2.37. The number of likely N-dealkylation sites (tertiary alicyclic amines) is 1. The van der Waals surface area contributed by atoms with Crippen molar-refractivity contribution in [2.75, 3.05) is 13.1 Å². The van der Waals surface area contributed by atoms with Gasteiger partial charge in [0.2, 0.25) is 0 Å². The molecule has 1 aromatic carbocycles. The van der Waals surface area contributed by atoms with Crippen LogP contribution in [0.4, 0.5) is 0 Å². The van der Waals surface area contributed by atoms with Crippen LogP contribution in [0.2, 0.25) is 0 Å². The van der Waals surface area contributed by atoms with Crippen molar-refractivity contribution in [2.24, 2.45) is 11.3 Å². The van der Waals surface area contributed by atoms with Gasteiger partial charge in [0, 0.05) is 13.1 Å². The predicted octanol–water partition coefficient (Wildman–Crippen LogP) is 2.61. The van der Waals surface area contributed by atoms with Crippen LogP contribution < -0.4 is 0 Å². The third-order valence-corrected chi connectivity index (χ3v) is 4.39. The van der Waals surface area contributed by atoms with Crippen LogP contribution in [0, 0.1) is 11.3 Å². The summed E-state index contributed by atoms with van der Waals surface area (Å²) in [4.78, 5) is 13.1. The van der Waals surface area contributed by atoms with Crippen LogP contribution >= 0.6 is 0 Å². The molecule has 1 aliphatic heterocycles. The Balaban J connectivity index is 1.95. The van der Waals surface area contributed by atoms with Crippen LogP contribution in [-0.4, -0.2) is 40.3 Å². The molecule has 4 nitrogen and oxygen atoms in total. The summed E-state index contributed by atoms with van der Waals surface area (Å²) in [6.07, 6.45) is 0.703. The molecule has 0 bridgehead atoms. The minimum atomic E-state index is -0.900. The van der Waals surface area contributed by atoms with E-state index in [1.54, 1.807) is 12.1 Å². The largest absolute Gasteiger partial charge is 0.478 e. The maximum atomic E-state index is 10.8. The minimum absolute atomic E-state index is 0.134. The van der Waals surface area contributed by atoms with Gasteiger partial charge in [-0.25, -0.2) is 4.79 Å². The summed E-state index contributed by atoms with van der Waals surface area (Å²) in [5.74, 6) is -0.564. The Kier molecular flexibility index (Phi) is 4.69. The van der Waals surface area contributed by atoms with Gasteiger partial charge in [0.1, 0.15) is 0 Å². The van der Waals surface area contributed by atoms with E-state index in [2.05, 4.69) is 25.7 Å². The third-order valence-electron chi connectivity index (χ3n) is 4.39. The molecule has 1 fully saturated rings. The highest BCUT2D eigenvalue weighted by Crippen LogP contribution is 2.34. The molecule has 0 radical (unpaired) electrons. The summed E-state index contributed by atoms with van der Waals surface area (Å²) in [6.45, 7) is 8.96. The lowest BCUT2D eigenvalue weighted by molar-refractivity contribution is -0.0265. The first kappa shape index (κ1) is 16.0. The summed E-state index contributed by atoms with van der Waals surface area (Å²) < 4.78 is 0. The van der Waals surface area contributed by atoms with Gasteiger partial charge in [-0.15, -0.1) is 0 Å². The van der Waals surface area contributed by atoms with E-state index in [1.807, 2.05) is 12.1 Å². The number of aromatic carboxylic acids is 1. The molecule has 0 aromatic heterocycles. The van der Waals surface area contributed by atoms with Crippen LogP contribution in [0.15, 0.2) is 24.3 Å². The van der Waals surface area contributed by atoms with Gasteiger partial charge in [0.15, 0.2) is 0 Å². The average molecular weight is 291 g/mol. The lowest BCUT2D eigenvalue weighted by Gasteiger charge is -2.42. The number of aliphatic hydroxyl groups is 1. The first-order chi connectivity index (χ1) is 9.77. The SMILES string of the molecule is CC(C)(C)C1CCN(Cc2ccc(C(=O)O)cc2)CC1O. The first-order valence-corrected chi connectivity index (χ1v) is 7.50. The monoisotopic (exact) mass is 291 g/mol. The molecular formula is C17H25NO3. The molecule has 1 aromatic rings. The molecular weight excluding hydrogens is 266 g/mol. The molecule has 0 amide bonds. The number of aliphatic hydroxyl groups excluding tert-OH is 1. The number of carboxylic acid groups (broad SMARTS) is 1. The van der Waals surface area contributed by atoms with Gasteiger partial charge in [-0.3, -0.25) is 4.90 Å². The topological polar surface area (TPSA) is 60.8 Å². The Morgan fingerprint density at radius 3 is 2.38 bits per heavy atom. The first-order valence-electron chi connectivity index (χ1n) is 7.50. The van der Waals surface area contributed by atoms with Gasteiger partial charge < -0.3 is 10.2 Å². The predicted molar refractivity (Wildman–Crippen MR) is 82.2 cm³/mol. The highest BCUT2D eigenvalue weighted by Gasteiger charge is 2.35. The smallest absolute Gasteiger partial charge is 0.335 e. The van der Waals surface area contributed by atoms with Gasteiger partial charge in [0.25, 0.3) is 0 Å². The quantitative estimate of drug-likeness (QED) is 0.898.